The van der Waals surface area contributed by atoms with E-state index in [1.807, 2.05) is 13.8 Å². The van der Waals surface area contributed by atoms with E-state index in [0.717, 1.165) is 37.1 Å². The van der Waals surface area contributed by atoms with Crippen molar-refractivity contribution in [2.45, 2.75) is 83.1 Å². The highest BCUT2D eigenvalue weighted by Gasteiger charge is 2.31. The molecule has 1 aliphatic heterocycles. The monoisotopic (exact) mass is 573 g/mol. The standard InChI is InChI=1S/C26H37F2N3O5S2/c1-4-29-26(35)24(33)21(15-17-9-10-19(27)20(28)14-17)31-25(34)22(13-16(2)3)30-23(32)8-6-5-7-18-11-12-37-38(18)36/h9-10,14,16,18,21-22H,4-8,11-13,15H2,1-3H3,(H,29,35)(H,30,32)(H,31,34)/t18?,21-,22-,38?/m0/s1. The van der Waals surface area contributed by atoms with Crippen LogP contribution < -0.4 is 16.0 Å². The number of likely N-dealkylation sites (N-methyl/N-ethyl adjacent to an activating group) is 1. The molecular weight excluding hydrogens is 536 g/mol. The molecule has 0 aliphatic carbocycles. The third-order valence-corrected chi connectivity index (χ3v) is 9.73. The summed E-state index contributed by atoms with van der Waals surface area (Å²) in [5, 5.41) is 7.82. The molecule has 0 radical (unpaired) electrons. The number of unbranched alkanes of at least 4 members (excludes halogenated alkanes) is 1. The van der Waals surface area contributed by atoms with E-state index < -0.39 is 51.1 Å². The van der Waals surface area contributed by atoms with Gasteiger partial charge < -0.3 is 16.0 Å². The molecule has 1 saturated heterocycles. The zero-order chi connectivity index (χ0) is 28.2. The number of ketones is 1. The van der Waals surface area contributed by atoms with Crippen molar-refractivity contribution >= 4 is 44.1 Å². The Hall–Kier alpha value is -2.34. The minimum atomic E-state index is -1.34. The molecule has 12 heteroatoms. The molecule has 1 aliphatic rings. The average Bonchev–Trinajstić information content (AvgIpc) is 3.27. The smallest absolute Gasteiger partial charge is 0.289 e. The minimum Gasteiger partial charge on any atom is -0.350 e. The molecule has 38 heavy (non-hydrogen) atoms. The molecule has 1 aromatic rings. The summed E-state index contributed by atoms with van der Waals surface area (Å²) in [6, 6.07) is 0.805. The third kappa shape index (κ3) is 10.4. The summed E-state index contributed by atoms with van der Waals surface area (Å²) in [6.07, 6.45) is 3.31. The Labute approximate surface area is 228 Å². The molecule has 8 nitrogen and oxygen atoms in total. The van der Waals surface area contributed by atoms with Gasteiger partial charge in [0.25, 0.3) is 5.91 Å². The van der Waals surface area contributed by atoms with Crippen LogP contribution >= 0.6 is 10.8 Å². The van der Waals surface area contributed by atoms with Crippen molar-refractivity contribution in [3.63, 3.8) is 0 Å². The Kier molecular flexibility index (Phi) is 13.4. The van der Waals surface area contributed by atoms with Crippen molar-refractivity contribution in [1.29, 1.82) is 0 Å². The van der Waals surface area contributed by atoms with Crippen LogP contribution in [0.2, 0.25) is 0 Å². The van der Waals surface area contributed by atoms with Gasteiger partial charge in [0.1, 0.15) is 12.1 Å². The maximum atomic E-state index is 13.7. The highest BCUT2D eigenvalue weighted by molar-refractivity contribution is 8.69. The van der Waals surface area contributed by atoms with Crippen LogP contribution in [0.3, 0.4) is 0 Å². The lowest BCUT2D eigenvalue weighted by atomic mass is 9.99. The van der Waals surface area contributed by atoms with E-state index in [-0.39, 0.29) is 42.0 Å². The van der Waals surface area contributed by atoms with Gasteiger partial charge in [-0.25, -0.2) is 13.0 Å². The summed E-state index contributed by atoms with van der Waals surface area (Å²) in [5.74, 6) is -4.04. The molecule has 1 fully saturated rings. The average molecular weight is 574 g/mol. The van der Waals surface area contributed by atoms with Crippen LogP contribution in [0, 0.1) is 17.6 Å². The van der Waals surface area contributed by atoms with E-state index in [1.54, 1.807) is 6.92 Å². The van der Waals surface area contributed by atoms with E-state index in [0.29, 0.717) is 12.8 Å². The van der Waals surface area contributed by atoms with Crippen molar-refractivity contribution in [3.8, 4) is 0 Å². The minimum absolute atomic E-state index is 0.0321. The second-order valence-corrected chi connectivity index (χ2v) is 13.3. The molecule has 1 aromatic carbocycles. The number of hydrogen-bond acceptors (Lipinski definition) is 6. The fourth-order valence-corrected chi connectivity index (χ4v) is 7.60. The Bertz CT molecular complexity index is 1020. The normalized spacial score (nSPS) is 18.6. The predicted octanol–water partition coefficient (Wildman–Crippen LogP) is 2.96. The van der Waals surface area contributed by atoms with Gasteiger partial charge in [-0.1, -0.05) is 37.1 Å². The van der Waals surface area contributed by atoms with Gasteiger partial charge in [-0.3, -0.25) is 19.2 Å². The molecule has 0 spiro atoms. The third-order valence-electron chi connectivity index (χ3n) is 6.07. The zero-order valence-corrected chi connectivity index (χ0v) is 23.7. The lowest BCUT2D eigenvalue weighted by Crippen LogP contribution is -2.54. The molecule has 0 aromatic heterocycles. The first-order chi connectivity index (χ1) is 18.0. The molecule has 3 amide bonds. The number of carbonyl (C=O) groups is 4. The van der Waals surface area contributed by atoms with Gasteiger partial charge in [0.05, 0.1) is 9.83 Å². The largest absolute Gasteiger partial charge is 0.350 e. The molecule has 212 valence electrons. The van der Waals surface area contributed by atoms with Crippen molar-refractivity contribution in [2.24, 2.45) is 5.92 Å². The SMILES string of the molecule is CCNC(=O)C(=O)[C@H](Cc1ccc(F)c(F)c1)NC(=O)[C@H](CC(C)C)NC(=O)CCCCC1CCSS1=O. The first kappa shape index (κ1) is 31.9. The summed E-state index contributed by atoms with van der Waals surface area (Å²) in [7, 11) is 0.603. The number of rotatable bonds is 15. The van der Waals surface area contributed by atoms with Crippen molar-refractivity contribution in [1.82, 2.24) is 16.0 Å². The maximum absolute atomic E-state index is 13.7. The molecule has 0 bridgehead atoms. The number of benzene rings is 1. The Morgan fingerprint density at radius 2 is 1.82 bits per heavy atom. The summed E-state index contributed by atoms with van der Waals surface area (Å²) in [6.45, 7) is 5.59. The molecular formula is C26H37F2N3O5S2. The maximum Gasteiger partial charge on any atom is 0.289 e. The summed E-state index contributed by atoms with van der Waals surface area (Å²) in [5.41, 5.74) is 0.220. The number of halogens is 2. The van der Waals surface area contributed by atoms with Crippen molar-refractivity contribution in [2.75, 3.05) is 12.3 Å². The van der Waals surface area contributed by atoms with Crippen LogP contribution in [0.1, 0.15) is 64.9 Å². The quantitative estimate of drug-likeness (QED) is 0.169. The fourth-order valence-electron chi connectivity index (χ4n) is 4.11. The lowest BCUT2D eigenvalue weighted by Gasteiger charge is -2.24. The van der Waals surface area contributed by atoms with E-state index in [9.17, 15) is 32.2 Å². The van der Waals surface area contributed by atoms with E-state index in [1.165, 1.54) is 16.9 Å². The van der Waals surface area contributed by atoms with Crippen LogP contribution in [-0.4, -0.2) is 57.3 Å². The second-order valence-electron chi connectivity index (χ2n) is 9.73. The number of Topliss-reactive ketones (excluding diaryl/α,β-unsaturated/α-hetero) is 1. The first-order valence-corrected chi connectivity index (χ1v) is 15.6. The molecule has 4 atom stereocenters. The van der Waals surface area contributed by atoms with E-state index in [2.05, 4.69) is 16.0 Å². The second kappa shape index (κ2) is 15.9. The first-order valence-electron chi connectivity index (χ1n) is 12.9. The molecule has 0 saturated carbocycles. The van der Waals surface area contributed by atoms with Gasteiger partial charge in [-0.15, -0.1) is 0 Å². The summed E-state index contributed by atoms with van der Waals surface area (Å²) >= 11 is 0. The van der Waals surface area contributed by atoms with Gasteiger partial charge >= 0.3 is 0 Å². The van der Waals surface area contributed by atoms with Gasteiger partial charge in [0.2, 0.25) is 17.6 Å². The zero-order valence-electron chi connectivity index (χ0n) is 22.0. The molecule has 1 heterocycles. The van der Waals surface area contributed by atoms with Gasteiger partial charge in [-0.2, -0.15) is 0 Å². The van der Waals surface area contributed by atoms with Crippen LogP contribution in [0.5, 0.6) is 0 Å². The Morgan fingerprint density at radius 3 is 2.42 bits per heavy atom. The molecule has 2 unspecified atom stereocenters. The molecule has 2 rings (SSSR count). The lowest BCUT2D eigenvalue weighted by molar-refractivity contribution is -0.140. The van der Waals surface area contributed by atoms with Crippen molar-refractivity contribution in [3.05, 3.63) is 35.4 Å². The number of carbonyl (C=O) groups excluding carboxylic acids is 4. The number of amides is 3. The van der Waals surface area contributed by atoms with E-state index in [4.69, 9.17) is 0 Å². The van der Waals surface area contributed by atoms with Gasteiger partial charge in [-0.05, 0) is 56.2 Å². The molecule has 3 N–H and O–H groups in total. The summed E-state index contributed by atoms with van der Waals surface area (Å²) in [4.78, 5) is 50.8. The number of nitrogens with one attached hydrogen (secondary N) is 3. The topological polar surface area (TPSA) is 121 Å². The number of hydrogen-bond donors (Lipinski definition) is 3. The van der Waals surface area contributed by atoms with Crippen molar-refractivity contribution < 1.29 is 32.2 Å². The fraction of sp³-hybridized carbons (Fsp3) is 0.615. The van der Waals surface area contributed by atoms with E-state index >= 15 is 0 Å². The highest BCUT2D eigenvalue weighted by atomic mass is 33.1. The van der Waals surface area contributed by atoms with Gasteiger partial charge in [0.15, 0.2) is 11.6 Å². The van der Waals surface area contributed by atoms with Gasteiger partial charge in [0, 0.05) is 30.4 Å². The van der Waals surface area contributed by atoms with Crippen LogP contribution in [0.4, 0.5) is 8.78 Å². The Morgan fingerprint density at radius 1 is 1.08 bits per heavy atom. The van der Waals surface area contributed by atoms with Crippen LogP contribution in [0.15, 0.2) is 18.2 Å². The van der Waals surface area contributed by atoms with Crippen LogP contribution in [-0.2, 0) is 35.4 Å². The summed E-state index contributed by atoms with van der Waals surface area (Å²) < 4.78 is 38.9. The van der Waals surface area contributed by atoms with Crippen LogP contribution in [0.25, 0.3) is 0 Å². The Balaban J connectivity index is 2.04. The highest BCUT2D eigenvalue weighted by Crippen LogP contribution is 2.29. The predicted molar refractivity (Wildman–Crippen MR) is 145 cm³/mol.